The lowest BCUT2D eigenvalue weighted by molar-refractivity contribution is -0.140. The third kappa shape index (κ3) is 8.11. The molecule has 202 valence electrons. The molecule has 0 saturated carbocycles. The number of carbonyl (C=O) groups excluding carboxylic acids is 2. The van der Waals surface area contributed by atoms with Gasteiger partial charge in [0.2, 0.25) is 28.6 Å². The van der Waals surface area contributed by atoms with E-state index in [0.29, 0.717) is 49.0 Å². The fourth-order valence-corrected chi connectivity index (χ4v) is 5.02. The van der Waals surface area contributed by atoms with Crippen molar-refractivity contribution in [2.75, 3.05) is 37.0 Å². The first-order chi connectivity index (χ1) is 17.6. The minimum Gasteiger partial charge on any atom is -0.454 e. The molecule has 1 aliphatic heterocycles. The highest BCUT2D eigenvalue weighted by Crippen LogP contribution is 2.36. The number of sulfonamides is 1. The van der Waals surface area contributed by atoms with Crippen molar-refractivity contribution in [3.8, 4) is 11.5 Å². The zero-order valence-electron chi connectivity index (χ0n) is 22.0. The first-order valence-electron chi connectivity index (χ1n) is 12.5. The molecule has 3 rings (SSSR count). The van der Waals surface area contributed by atoms with Gasteiger partial charge in [-0.05, 0) is 43.4 Å². The van der Waals surface area contributed by atoms with Crippen LogP contribution in [0.1, 0.15) is 39.2 Å². The zero-order chi connectivity index (χ0) is 27.0. The molecular weight excluding hydrogens is 494 g/mol. The molecule has 2 amide bonds. The number of rotatable bonds is 13. The average Bonchev–Trinajstić information content (AvgIpc) is 3.33. The van der Waals surface area contributed by atoms with Gasteiger partial charge in [0, 0.05) is 32.1 Å². The topological polar surface area (TPSA) is 105 Å². The molecule has 0 radical (unpaired) electrons. The van der Waals surface area contributed by atoms with E-state index in [0.717, 1.165) is 11.8 Å². The molecule has 2 aromatic rings. The van der Waals surface area contributed by atoms with Crippen LogP contribution in [0.25, 0.3) is 0 Å². The standard InChI is InChI=1S/C27H37N3O6S/c1-20(2)18-28-27(32)21(3)29(16-14-22-9-6-5-7-10-22)26(31)11-8-15-30(37(4,33)34)23-12-13-24-25(17-23)36-19-35-24/h5-7,9-10,12-13,17,20-21H,8,11,14-16,18-19H2,1-4H3,(H,28,32). The van der Waals surface area contributed by atoms with Gasteiger partial charge in [-0.1, -0.05) is 44.2 Å². The average molecular weight is 532 g/mol. The van der Waals surface area contributed by atoms with Crippen LogP contribution in [-0.4, -0.2) is 63.9 Å². The molecule has 0 aromatic heterocycles. The van der Waals surface area contributed by atoms with Crippen molar-refractivity contribution >= 4 is 27.5 Å². The lowest BCUT2D eigenvalue weighted by Crippen LogP contribution is -2.49. The molecule has 37 heavy (non-hydrogen) atoms. The number of hydrogen-bond acceptors (Lipinski definition) is 6. The molecule has 10 heteroatoms. The smallest absolute Gasteiger partial charge is 0.242 e. The Bertz CT molecular complexity index is 1170. The number of hydrogen-bond donors (Lipinski definition) is 1. The van der Waals surface area contributed by atoms with E-state index in [-0.39, 0.29) is 31.6 Å². The van der Waals surface area contributed by atoms with Crippen molar-refractivity contribution < 1.29 is 27.5 Å². The van der Waals surface area contributed by atoms with Gasteiger partial charge >= 0.3 is 0 Å². The summed E-state index contributed by atoms with van der Waals surface area (Å²) in [5, 5.41) is 2.91. The summed E-state index contributed by atoms with van der Waals surface area (Å²) in [6, 6.07) is 14.1. The third-order valence-electron chi connectivity index (χ3n) is 6.13. The van der Waals surface area contributed by atoms with Crippen molar-refractivity contribution in [3.05, 3.63) is 54.1 Å². The summed E-state index contributed by atoms with van der Waals surface area (Å²) in [6.07, 6.45) is 2.14. The Balaban J connectivity index is 1.67. The molecular formula is C27H37N3O6S. The fraction of sp³-hybridized carbons (Fsp3) is 0.481. The van der Waals surface area contributed by atoms with Crippen molar-refractivity contribution in [3.63, 3.8) is 0 Å². The molecule has 0 spiro atoms. The number of nitrogens with one attached hydrogen (secondary N) is 1. The molecule has 1 N–H and O–H groups in total. The van der Waals surface area contributed by atoms with E-state index in [4.69, 9.17) is 9.47 Å². The maximum Gasteiger partial charge on any atom is 0.242 e. The van der Waals surface area contributed by atoms with Gasteiger partial charge in [0.25, 0.3) is 0 Å². The second-order valence-electron chi connectivity index (χ2n) is 9.61. The highest BCUT2D eigenvalue weighted by Gasteiger charge is 2.27. The molecule has 1 unspecified atom stereocenters. The SMILES string of the molecule is CC(C)CNC(=O)C(C)N(CCc1ccccc1)C(=O)CCCN(c1ccc2c(c1)OCO2)S(C)(=O)=O. The lowest BCUT2D eigenvalue weighted by Gasteiger charge is -2.29. The zero-order valence-corrected chi connectivity index (χ0v) is 22.8. The highest BCUT2D eigenvalue weighted by atomic mass is 32.2. The number of benzene rings is 2. The summed E-state index contributed by atoms with van der Waals surface area (Å²) >= 11 is 0. The largest absolute Gasteiger partial charge is 0.454 e. The van der Waals surface area contributed by atoms with Crippen LogP contribution in [0, 0.1) is 5.92 Å². The quantitative estimate of drug-likeness (QED) is 0.426. The minimum absolute atomic E-state index is 0.0912. The highest BCUT2D eigenvalue weighted by molar-refractivity contribution is 7.92. The normalized spacial score (nSPS) is 13.3. The first-order valence-corrected chi connectivity index (χ1v) is 14.4. The summed E-state index contributed by atoms with van der Waals surface area (Å²) in [7, 11) is -3.60. The van der Waals surface area contributed by atoms with Gasteiger partial charge < -0.3 is 19.7 Å². The van der Waals surface area contributed by atoms with Crippen molar-refractivity contribution in [2.24, 2.45) is 5.92 Å². The maximum absolute atomic E-state index is 13.3. The number of ether oxygens (including phenoxy) is 2. The summed E-state index contributed by atoms with van der Waals surface area (Å²) < 4.78 is 37.0. The summed E-state index contributed by atoms with van der Waals surface area (Å²) in [5.41, 5.74) is 1.52. The number of anilines is 1. The van der Waals surface area contributed by atoms with E-state index in [2.05, 4.69) is 5.32 Å². The van der Waals surface area contributed by atoms with Gasteiger partial charge in [-0.2, -0.15) is 0 Å². The monoisotopic (exact) mass is 531 g/mol. The van der Waals surface area contributed by atoms with Gasteiger partial charge in [0.05, 0.1) is 11.9 Å². The first kappa shape index (κ1) is 28.3. The number of amides is 2. The number of carbonyl (C=O) groups is 2. The molecule has 9 nitrogen and oxygen atoms in total. The van der Waals surface area contributed by atoms with Crippen LogP contribution < -0.4 is 19.1 Å². The third-order valence-corrected chi connectivity index (χ3v) is 7.33. The maximum atomic E-state index is 13.3. The predicted octanol–water partition coefficient (Wildman–Crippen LogP) is 3.19. The van der Waals surface area contributed by atoms with Crippen molar-refractivity contribution in [1.82, 2.24) is 10.2 Å². The van der Waals surface area contributed by atoms with Crippen LogP contribution in [0.3, 0.4) is 0 Å². The Morgan fingerprint density at radius 2 is 1.70 bits per heavy atom. The predicted molar refractivity (Wildman–Crippen MR) is 143 cm³/mol. The number of fused-ring (bicyclic) bond motifs is 1. The van der Waals surface area contributed by atoms with Gasteiger partial charge in [-0.25, -0.2) is 8.42 Å². The van der Waals surface area contributed by atoms with Crippen LogP contribution in [0.4, 0.5) is 5.69 Å². The Morgan fingerprint density at radius 1 is 1.00 bits per heavy atom. The molecule has 0 fully saturated rings. The van der Waals surface area contributed by atoms with Crippen LogP contribution >= 0.6 is 0 Å². The van der Waals surface area contributed by atoms with E-state index in [1.54, 1.807) is 30.0 Å². The second-order valence-corrected chi connectivity index (χ2v) is 11.5. The van der Waals surface area contributed by atoms with Crippen LogP contribution in [0.2, 0.25) is 0 Å². The van der Waals surface area contributed by atoms with Gasteiger partial charge in [-0.3, -0.25) is 13.9 Å². The molecule has 1 heterocycles. The van der Waals surface area contributed by atoms with Crippen LogP contribution in [0.5, 0.6) is 11.5 Å². The Hall–Kier alpha value is -3.27. The fourth-order valence-electron chi connectivity index (χ4n) is 4.07. The summed E-state index contributed by atoms with van der Waals surface area (Å²) in [5.74, 6) is 0.944. The van der Waals surface area contributed by atoms with Gasteiger partial charge in [0.1, 0.15) is 6.04 Å². The Morgan fingerprint density at radius 3 is 2.38 bits per heavy atom. The van der Waals surface area contributed by atoms with Gasteiger partial charge in [0.15, 0.2) is 11.5 Å². The van der Waals surface area contributed by atoms with Gasteiger partial charge in [-0.15, -0.1) is 0 Å². The van der Waals surface area contributed by atoms with E-state index < -0.39 is 16.1 Å². The van der Waals surface area contributed by atoms with E-state index in [1.807, 2.05) is 44.2 Å². The molecule has 0 bridgehead atoms. The van der Waals surface area contributed by atoms with Crippen LogP contribution in [-0.2, 0) is 26.0 Å². The van der Waals surface area contributed by atoms with Crippen molar-refractivity contribution in [1.29, 1.82) is 0 Å². The van der Waals surface area contributed by atoms with Crippen molar-refractivity contribution in [2.45, 2.75) is 46.1 Å². The Kier molecular flexibility index (Phi) is 9.79. The summed E-state index contributed by atoms with van der Waals surface area (Å²) in [4.78, 5) is 27.7. The number of nitrogens with zero attached hydrogens (tertiary/aromatic N) is 2. The molecule has 0 saturated heterocycles. The summed E-state index contributed by atoms with van der Waals surface area (Å²) in [6.45, 7) is 6.88. The minimum atomic E-state index is -3.60. The molecule has 1 aliphatic rings. The molecule has 0 aliphatic carbocycles. The second kappa shape index (κ2) is 12.8. The molecule has 1 atom stereocenters. The van der Waals surface area contributed by atoms with E-state index in [9.17, 15) is 18.0 Å². The lowest BCUT2D eigenvalue weighted by atomic mass is 10.1. The van der Waals surface area contributed by atoms with E-state index >= 15 is 0 Å². The Labute approximate surface area is 219 Å². The van der Waals surface area contributed by atoms with E-state index in [1.165, 1.54) is 4.31 Å². The molecule has 2 aromatic carbocycles. The van der Waals surface area contributed by atoms with Crippen LogP contribution in [0.15, 0.2) is 48.5 Å².